The van der Waals surface area contributed by atoms with E-state index in [1.54, 1.807) is 11.9 Å². The Labute approximate surface area is 103 Å². The molecule has 0 aromatic heterocycles. The van der Waals surface area contributed by atoms with Crippen LogP contribution < -0.4 is 5.32 Å². The molecule has 1 saturated heterocycles. The van der Waals surface area contributed by atoms with E-state index in [-0.39, 0.29) is 18.1 Å². The molecule has 0 unspecified atom stereocenters. The molecule has 1 heterocycles. The van der Waals surface area contributed by atoms with E-state index in [1.165, 1.54) is 0 Å². The van der Waals surface area contributed by atoms with Gasteiger partial charge in [-0.3, -0.25) is 4.79 Å². The largest absolute Gasteiger partial charge is 0.345 e. The van der Waals surface area contributed by atoms with E-state index in [0.29, 0.717) is 5.92 Å². The van der Waals surface area contributed by atoms with Gasteiger partial charge in [0.15, 0.2) is 0 Å². The van der Waals surface area contributed by atoms with Gasteiger partial charge in [-0.2, -0.15) is 0 Å². The number of sulfone groups is 1. The molecule has 0 spiro atoms. The van der Waals surface area contributed by atoms with Crippen LogP contribution in [0.25, 0.3) is 0 Å². The van der Waals surface area contributed by atoms with Crippen LogP contribution in [0.3, 0.4) is 0 Å². The average molecular weight is 262 g/mol. The molecule has 0 aromatic rings. The average Bonchev–Trinajstić information content (AvgIpc) is 2.26. The van der Waals surface area contributed by atoms with Crippen molar-refractivity contribution in [3.63, 3.8) is 0 Å². The molecule has 1 N–H and O–H groups in total. The minimum absolute atomic E-state index is 0.0532. The Morgan fingerprint density at radius 1 is 1.35 bits per heavy atom. The lowest BCUT2D eigenvalue weighted by atomic mass is 9.98. The van der Waals surface area contributed by atoms with E-state index >= 15 is 0 Å². The number of hydrogen-bond donors (Lipinski definition) is 1. The van der Waals surface area contributed by atoms with Gasteiger partial charge >= 0.3 is 0 Å². The van der Waals surface area contributed by atoms with Gasteiger partial charge in [0.25, 0.3) is 0 Å². The third-order valence-electron chi connectivity index (χ3n) is 3.10. The van der Waals surface area contributed by atoms with Crippen LogP contribution in [0.15, 0.2) is 0 Å². The molecule has 6 heteroatoms. The molecule has 0 aliphatic carbocycles. The number of nitrogens with zero attached hydrogens (tertiary/aromatic N) is 1. The minimum atomic E-state index is -3.04. The van der Waals surface area contributed by atoms with Crippen molar-refractivity contribution >= 4 is 15.7 Å². The summed E-state index contributed by atoms with van der Waals surface area (Å²) in [6.45, 7) is 2.76. The van der Waals surface area contributed by atoms with Gasteiger partial charge in [-0.25, -0.2) is 8.42 Å². The van der Waals surface area contributed by atoms with E-state index in [2.05, 4.69) is 5.32 Å². The number of hydrogen-bond acceptors (Lipinski definition) is 4. The van der Waals surface area contributed by atoms with Gasteiger partial charge < -0.3 is 10.2 Å². The molecule has 1 fully saturated rings. The Balaban J connectivity index is 2.30. The smallest absolute Gasteiger partial charge is 0.223 e. The van der Waals surface area contributed by atoms with Gasteiger partial charge in [-0.15, -0.1) is 0 Å². The fourth-order valence-electron chi connectivity index (χ4n) is 2.02. The quantitative estimate of drug-likeness (QED) is 0.750. The van der Waals surface area contributed by atoms with Gasteiger partial charge in [-0.1, -0.05) is 0 Å². The van der Waals surface area contributed by atoms with Gasteiger partial charge in [0.2, 0.25) is 5.91 Å². The highest BCUT2D eigenvalue weighted by atomic mass is 32.2. The Morgan fingerprint density at radius 2 is 1.94 bits per heavy atom. The standard InChI is InChI=1S/C11H22N2O3S/c1-13(9-10-3-6-12-7-4-10)11(14)5-8-17(2,15)16/h10,12H,3-9H2,1-2H3. The lowest BCUT2D eigenvalue weighted by Crippen LogP contribution is -2.37. The fraction of sp³-hybridized carbons (Fsp3) is 0.909. The molecule has 1 aliphatic heterocycles. The summed E-state index contributed by atoms with van der Waals surface area (Å²) in [6, 6.07) is 0. The predicted octanol–water partition coefficient (Wildman–Crippen LogP) is -0.121. The number of carbonyl (C=O) groups is 1. The SMILES string of the molecule is CN(CC1CCNCC1)C(=O)CCS(C)(=O)=O. The number of piperidine rings is 1. The third-order valence-corrected chi connectivity index (χ3v) is 4.05. The molecule has 1 amide bonds. The maximum absolute atomic E-state index is 11.7. The molecule has 100 valence electrons. The van der Waals surface area contributed by atoms with E-state index in [4.69, 9.17) is 0 Å². The van der Waals surface area contributed by atoms with Crippen LogP contribution in [-0.2, 0) is 14.6 Å². The van der Waals surface area contributed by atoms with Crippen LogP contribution in [-0.4, -0.2) is 57.9 Å². The highest BCUT2D eigenvalue weighted by Gasteiger charge is 2.18. The fourth-order valence-corrected chi connectivity index (χ4v) is 2.56. The second kappa shape index (κ2) is 6.35. The first-order valence-electron chi connectivity index (χ1n) is 6.01. The van der Waals surface area contributed by atoms with Gasteiger partial charge in [-0.05, 0) is 31.8 Å². The Bertz CT molecular complexity index is 348. The van der Waals surface area contributed by atoms with Gasteiger partial charge in [0, 0.05) is 26.3 Å². The minimum Gasteiger partial charge on any atom is -0.345 e. The molecular weight excluding hydrogens is 240 g/mol. The highest BCUT2D eigenvalue weighted by molar-refractivity contribution is 7.90. The van der Waals surface area contributed by atoms with Crippen LogP contribution in [0, 0.1) is 5.92 Å². The summed E-state index contributed by atoms with van der Waals surface area (Å²) in [5.41, 5.74) is 0. The molecule has 1 rings (SSSR count). The Kier molecular flexibility index (Phi) is 5.39. The number of amides is 1. The monoisotopic (exact) mass is 262 g/mol. The first-order chi connectivity index (χ1) is 7.88. The molecule has 1 aliphatic rings. The van der Waals surface area contributed by atoms with E-state index in [9.17, 15) is 13.2 Å². The van der Waals surface area contributed by atoms with Crippen molar-refractivity contribution in [2.24, 2.45) is 5.92 Å². The second-order valence-corrected chi connectivity index (χ2v) is 7.11. The summed E-state index contributed by atoms with van der Waals surface area (Å²) in [4.78, 5) is 13.4. The Hall–Kier alpha value is -0.620. The van der Waals surface area contributed by atoms with Crippen LogP contribution in [0.1, 0.15) is 19.3 Å². The van der Waals surface area contributed by atoms with Crippen molar-refractivity contribution in [3.8, 4) is 0 Å². The van der Waals surface area contributed by atoms with Crippen LogP contribution >= 0.6 is 0 Å². The zero-order valence-electron chi connectivity index (χ0n) is 10.6. The number of rotatable bonds is 5. The lowest BCUT2D eigenvalue weighted by molar-refractivity contribution is -0.130. The lowest BCUT2D eigenvalue weighted by Gasteiger charge is -2.27. The summed E-state index contributed by atoms with van der Waals surface area (Å²) in [6.07, 6.45) is 3.43. The van der Waals surface area contributed by atoms with Crippen molar-refractivity contribution in [2.45, 2.75) is 19.3 Å². The summed E-state index contributed by atoms with van der Waals surface area (Å²) in [7, 11) is -1.29. The molecule has 0 atom stereocenters. The molecule has 17 heavy (non-hydrogen) atoms. The van der Waals surface area contributed by atoms with Crippen molar-refractivity contribution < 1.29 is 13.2 Å². The number of carbonyl (C=O) groups excluding carboxylic acids is 1. The molecule has 0 bridgehead atoms. The van der Waals surface area contributed by atoms with Crippen molar-refractivity contribution in [1.29, 1.82) is 0 Å². The molecule has 0 aromatic carbocycles. The van der Waals surface area contributed by atoms with Crippen molar-refractivity contribution in [2.75, 3.05) is 38.7 Å². The van der Waals surface area contributed by atoms with Crippen LogP contribution in [0.5, 0.6) is 0 Å². The zero-order chi connectivity index (χ0) is 12.9. The van der Waals surface area contributed by atoms with E-state index < -0.39 is 9.84 Å². The van der Waals surface area contributed by atoms with Crippen LogP contribution in [0.2, 0.25) is 0 Å². The maximum atomic E-state index is 11.7. The highest BCUT2D eigenvalue weighted by Crippen LogP contribution is 2.13. The summed E-state index contributed by atoms with van der Waals surface area (Å²) >= 11 is 0. The van der Waals surface area contributed by atoms with Crippen molar-refractivity contribution in [3.05, 3.63) is 0 Å². The Morgan fingerprint density at radius 3 is 2.47 bits per heavy atom. The predicted molar refractivity (Wildman–Crippen MR) is 67.6 cm³/mol. The van der Waals surface area contributed by atoms with Crippen LogP contribution in [0.4, 0.5) is 0 Å². The van der Waals surface area contributed by atoms with E-state index in [0.717, 1.165) is 38.7 Å². The topological polar surface area (TPSA) is 66.5 Å². The second-order valence-electron chi connectivity index (χ2n) is 4.85. The summed E-state index contributed by atoms with van der Waals surface area (Å²) < 4.78 is 21.9. The molecule has 0 radical (unpaired) electrons. The zero-order valence-corrected chi connectivity index (χ0v) is 11.4. The maximum Gasteiger partial charge on any atom is 0.223 e. The third kappa shape index (κ3) is 6.02. The van der Waals surface area contributed by atoms with Gasteiger partial charge in [0.1, 0.15) is 9.84 Å². The molecular formula is C11H22N2O3S. The molecule has 0 saturated carbocycles. The molecule has 5 nitrogen and oxygen atoms in total. The van der Waals surface area contributed by atoms with Gasteiger partial charge in [0.05, 0.1) is 5.75 Å². The normalized spacial score (nSPS) is 18.0. The van der Waals surface area contributed by atoms with Crippen molar-refractivity contribution in [1.82, 2.24) is 10.2 Å². The van der Waals surface area contributed by atoms with E-state index in [1.807, 2.05) is 0 Å². The first kappa shape index (κ1) is 14.4. The summed E-state index contributed by atoms with van der Waals surface area (Å²) in [5, 5.41) is 3.28. The first-order valence-corrected chi connectivity index (χ1v) is 8.07. The number of nitrogens with one attached hydrogen (secondary N) is 1. The summed E-state index contributed by atoms with van der Waals surface area (Å²) in [5.74, 6) is 0.417.